The molecule has 3 nitrogen and oxygen atoms in total. The van der Waals surface area contributed by atoms with Crippen molar-refractivity contribution in [3.63, 3.8) is 0 Å². The van der Waals surface area contributed by atoms with Crippen LogP contribution >= 0.6 is 0 Å². The Morgan fingerprint density at radius 3 is 2.39 bits per heavy atom. The first kappa shape index (κ1) is 23.5. The van der Waals surface area contributed by atoms with Crippen LogP contribution in [0, 0.1) is 5.92 Å². The van der Waals surface area contributed by atoms with E-state index in [0.717, 1.165) is 25.8 Å². The van der Waals surface area contributed by atoms with E-state index in [-0.39, 0.29) is 12.5 Å². The molecule has 2 aromatic rings. The quantitative estimate of drug-likeness (QED) is 0.453. The van der Waals surface area contributed by atoms with Gasteiger partial charge in [0.25, 0.3) is 0 Å². The summed E-state index contributed by atoms with van der Waals surface area (Å²) in [4.78, 5) is 2.57. The molecule has 3 heteroatoms. The third-order valence-corrected chi connectivity index (χ3v) is 7.13. The molecule has 2 unspecified atom stereocenters. The zero-order valence-corrected chi connectivity index (χ0v) is 20.0. The number of aliphatic hydroxyl groups excluding tert-OH is 2. The average Bonchev–Trinajstić information content (AvgIpc) is 3.34. The lowest BCUT2D eigenvalue weighted by Gasteiger charge is -2.24. The topological polar surface area (TPSA) is 43.7 Å². The van der Waals surface area contributed by atoms with Crippen molar-refractivity contribution >= 4 is 11.1 Å². The minimum Gasteiger partial charge on any atom is -0.508 e. The summed E-state index contributed by atoms with van der Waals surface area (Å²) >= 11 is 0. The molecule has 0 amide bonds. The Bertz CT molecular complexity index is 1000. The molecule has 0 saturated carbocycles. The van der Waals surface area contributed by atoms with Crippen molar-refractivity contribution < 1.29 is 10.2 Å². The molecule has 1 aliphatic heterocycles. The Morgan fingerprint density at radius 1 is 1.03 bits per heavy atom. The van der Waals surface area contributed by atoms with Gasteiger partial charge < -0.3 is 15.1 Å². The molecule has 2 aromatic carbocycles. The van der Waals surface area contributed by atoms with Crippen molar-refractivity contribution in [2.75, 3.05) is 19.7 Å². The zero-order chi connectivity index (χ0) is 23.2. The van der Waals surface area contributed by atoms with E-state index in [9.17, 15) is 10.2 Å². The monoisotopic (exact) mass is 443 g/mol. The number of benzene rings is 2. The molecule has 2 aliphatic rings. The molecular weight excluding hydrogens is 406 g/mol. The highest BCUT2D eigenvalue weighted by Crippen LogP contribution is 2.39. The van der Waals surface area contributed by atoms with Crippen LogP contribution in [0.25, 0.3) is 11.1 Å². The minimum absolute atomic E-state index is 0.178. The molecule has 0 spiro atoms. The summed E-state index contributed by atoms with van der Waals surface area (Å²) in [6.45, 7) is 7.06. The van der Waals surface area contributed by atoms with Crippen LogP contribution in [0.15, 0.2) is 78.6 Å². The molecule has 174 valence electrons. The predicted molar refractivity (Wildman–Crippen MR) is 138 cm³/mol. The van der Waals surface area contributed by atoms with Gasteiger partial charge in [0.1, 0.15) is 5.76 Å². The van der Waals surface area contributed by atoms with Crippen LogP contribution in [0.4, 0.5) is 0 Å². The smallest absolute Gasteiger partial charge is 0.111 e. The van der Waals surface area contributed by atoms with Gasteiger partial charge in [0, 0.05) is 25.1 Å². The highest BCUT2D eigenvalue weighted by Gasteiger charge is 2.26. The number of likely N-dealkylation sites (tertiary alicyclic amines) is 1. The Labute approximate surface area is 198 Å². The van der Waals surface area contributed by atoms with E-state index in [1.807, 2.05) is 18.2 Å². The lowest BCUT2D eigenvalue weighted by Crippen LogP contribution is -2.27. The number of hydrogen-bond acceptors (Lipinski definition) is 3. The molecule has 4 rings (SSSR count). The van der Waals surface area contributed by atoms with E-state index in [1.165, 1.54) is 40.8 Å². The van der Waals surface area contributed by atoms with Gasteiger partial charge >= 0.3 is 0 Å². The molecule has 0 bridgehead atoms. The summed E-state index contributed by atoms with van der Waals surface area (Å²) in [5.74, 6) is 1.14. The number of hydrogen-bond donors (Lipinski definition) is 2. The van der Waals surface area contributed by atoms with Gasteiger partial charge in [0.15, 0.2) is 0 Å². The summed E-state index contributed by atoms with van der Waals surface area (Å²) in [5, 5.41) is 19.5. The van der Waals surface area contributed by atoms with E-state index >= 15 is 0 Å². The van der Waals surface area contributed by atoms with Crippen LogP contribution in [0.2, 0.25) is 0 Å². The Kier molecular flexibility index (Phi) is 7.85. The third kappa shape index (κ3) is 5.66. The maximum atomic E-state index is 9.92. The summed E-state index contributed by atoms with van der Waals surface area (Å²) in [6.07, 6.45) is 9.41. The number of nitrogens with zero attached hydrogens (tertiary/aromatic N) is 1. The molecule has 2 atom stereocenters. The van der Waals surface area contributed by atoms with Gasteiger partial charge in [0.2, 0.25) is 0 Å². The maximum Gasteiger partial charge on any atom is 0.111 e. The standard InChI is InChI=1S/C30H37NO2/c1-22(2)31-19-18-27(21-31)23-10-12-25(13-11-23)30(26-14-16-28(33)17-15-26)29(9-6-20-32)24-7-4-3-5-8-24/h3-5,7-8,10-14,16-17,22,26-27,32-33H,6,9,15,18-21H2,1-2H3/b30-29+. The third-order valence-electron chi connectivity index (χ3n) is 7.13. The van der Waals surface area contributed by atoms with E-state index in [4.69, 9.17) is 0 Å². The normalized spacial score (nSPS) is 21.9. The van der Waals surface area contributed by atoms with E-state index in [1.54, 1.807) is 0 Å². The second kappa shape index (κ2) is 11.0. The van der Waals surface area contributed by atoms with E-state index in [2.05, 4.69) is 73.4 Å². The van der Waals surface area contributed by atoms with Crippen molar-refractivity contribution in [2.45, 2.75) is 51.5 Å². The van der Waals surface area contributed by atoms with Crippen LogP contribution < -0.4 is 0 Å². The van der Waals surface area contributed by atoms with Gasteiger partial charge in [0.05, 0.1) is 0 Å². The van der Waals surface area contributed by atoms with Crippen LogP contribution in [-0.2, 0) is 0 Å². The lowest BCUT2D eigenvalue weighted by molar-refractivity contribution is 0.272. The van der Waals surface area contributed by atoms with Crippen molar-refractivity contribution in [2.24, 2.45) is 5.92 Å². The molecular formula is C30H37NO2. The number of aliphatic hydroxyl groups is 2. The Morgan fingerprint density at radius 2 is 1.79 bits per heavy atom. The first-order valence-electron chi connectivity index (χ1n) is 12.4. The van der Waals surface area contributed by atoms with Gasteiger partial charge in [-0.05, 0) is 92.0 Å². The van der Waals surface area contributed by atoms with E-state index < -0.39 is 0 Å². The predicted octanol–water partition coefficient (Wildman–Crippen LogP) is 6.59. The van der Waals surface area contributed by atoms with Crippen molar-refractivity contribution in [3.05, 3.63) is 95.3 Å². The first-order chi connectivity index (χ1) is 16.1. The second-order valence-electron chi connectivity index (χ2n) is 9.61. The molecule has 33 heavy (non-hydrogen) atoms. The highest BCUT2D eigenvalue weighted by molar-refractivity contribution is 5.92. The molecule has 2 N–H and O–H groups in total. The zero-order valence-electron chi connectivity index (χ0n) is 20.0. The molecule has 0 radical (unpaired) electrons. The first-order valence-corrected chi connectivity index (χ1v) is 12.4. The SMILES string of the molecule is CC(C)N1CCC(c2ccc(/C(=C(/CCCO)c3ccccc3)C3C=CC(O)=CC3)cc2)C1. The molecule has 0 aromatic heterocycles. The second-order valence-corrected chi connectivity index (χ2v) is 9.61. The maximum absolute atomic E-state index is 9.92. The number of allylic oxidation sites excluding steroid dienone is 5. The fraction of sp³-hybridized carbons (Fsp3) is 0.400. The van der Waals surface area contributed by atoms with Gasteiger partial charge in [-0.15, -0.1) is 0 Å². The van der Waals surface area contributed by atoms with Crippen LogP contribution in [-0.4, -0.2) is 40.9 Å². The average molecular weight is 444 g/mol. The fourth-order valence-corrected chi connectivity index (χ4v) is 5.23. The summed E-state index contributed by atoms with van der Waals surface area (Å²) in [7, 11) is 0. The van der Waals surface area contributed by atoms with Crippen LogP contribution in [0.1, 0.15) is 62.1 Å². The molecule has 1 saturated heterocycles. The van der Waals surface area contributed by atoms with Crippen molar-refractivity contribution in [3.8, 4) is 0 Å². The largest absolute Gasteiger partial charge is 0.508 e. The minimum atomic E-state index is 0.178. The van der Waals surface area contributed by atoms with Crippen LogP contribution in [0.3, 0.4) is 0 Å². The van der Waals surface area contributed by atoms with Crippen molar-refractivity contribution in [1.29, 1.82) is 0 Å². The Hall–Kier alpha value is -2.62. The number of rotatable bonds is 8. The highest BCUT2D eigenvalue weighted by atomic mass is 16.3. The molecule has 1 aliphatic carbocycles. The fourth-order valence-electron chi connectivity index (χ4n) is 5.23. The van der Waals surface area contributed by atoms with Gasteiger partial charge in [-0.3, -0.25) is 0 Å². The molecule has 1 fully saturated rings. The van der Waals surface area contributed by atoms with Gasteiger partial charge in [-0.2, -0.15) is 0 Å². The van der Waals surface area contributed by atoms with E-state index in [0.29, 0.717) is 17.7 Å². The lowest BCUT2D eigenvalue weighted by atomic mass is 9.80. The van der Waals surface area contributed by atoms with Gasteiger partial charge in [-0.25, -0.2) is 0 Å². The summed E-state index contributed by atoms with van der Waals surface area (Å²) < 4.78 is 0. The summed E-state index contributed by atoms with van der Waals surface area (Å²) in [5.41, 5.74) is 6.46. The van der Waals surface area contributed by atoms with Crippen LogP contribution in [0.5, 0.6) is 0 Å². The van der Waals surface area contributed by atoms with Gasteiger partial charge in [-0.1, -0.05) is 60.7 Å². The summed E-state index contributed by atoms with van der Waals surface area (Å²) in [6, 6.07) is 20.4. The Balaban J connectivity index is 1.72. The molecule has 1 heterocycles. The van der Waals surface area contributed by atoms with Crippen molar-refractivity contribution in [1.82, 2.24) is 4.90 Å².